The average Bonchev–Trinajstić information content (AvgIpc) is 3.48. The highest BCUT2D eigenvalue weighted by Crippen LogP contribution is 2.40. The van der Waals surface area contributed by atoms with Crippen LogP contribution in [0.3, 0.4) is 0 Å². The summed E-state index contributed by atoms with van der Waals surface area (Å²) < 4.78 is 19.3. The first-order valence-corrected chi connectivity index (χ1v) is 11.8. The molecule has 2 heterocycles. The first kappa shape index (κ1) is 21.6. The molecule has 33 heavy (non-hydrogen) atoms. The molecule has 4 nitrogen and oxygen atoms in total. The Labute approximate surface area is 200 Å². The highest BCUT2D eigenvalue weighted by Gasteiger charge is 2.31. The van der Waals surface area contributed by atoms with E-state index in [1.54, 1.807) is 6.07 Å². The van der Waals surface area contributed by atoms with Crippen LogP contribution in [0.5, 0.6) is 5.75 Å². The zero-order chi connectivity index (χ0) is 22.9. The van der Waals surface area contributed by atoms with Gasteiger partial charge in [0, 0.05) is 22.4 Å². The number of ether oxygens (including phenoxy) is 1. The maximum absolute atomic E-state index is 14.2. The summed E-state index contributed by atoms with van der Waals surface area (Å²) >= 11 is 7.61. The van der Waals surface area contributed by atoms with Gasteiger partial charge in [-0.15, -0.1) is 11.3 Å². The average molecular weight is 478 g/mol. The summed E-state index contributed by atoms with van der Waals surface area (Å²) in [5, 5.41) is 10.3. The van der Waals surface area contributed by atoms with Crippen LogP contribution in [0.4, 0.5) is 9.52 Å². The van der Waals surface area contributed by atoms with Gasteiger partial charge in [-0.25, -0.2) is 14.4 Å². The smallest absolute Gasteiger partial charge is 0.207 e. The molecule has 0 saturated heterocycles. The lowest BCUT2D eigenvalue weighted by Gasteiger charge is -2.21. The van der Waals surface area contributed by atoms with E-state index >= 15 is 0 Å². The minimum absolute atomic E-state index is 0.00910. The molecule has 1 atom stereocenters. The molecule has 7 heteroatoms. The quantitative estimate of drug-likeness (QED) is 0.303. The van der Waals surface area contributed by atoms with Gasteiger partial charge >= 0.3 is 0 Å². The molecule has 0 radical (unpaired) electrons. The van der Waals surface area contributed by atoms with E-state index in [2.05, 4.69) is 31.2 Å². The number of hydrogen-bond donors (Lipinski definition) is 0. The number of aryl methyl sites for hydroxylation is 1. The molecule has 0 fully saturated rings. The maximum Gasteiger partial charge on any atom is 0.207 e. The van der Waals surface area contributed by atoms with Crippen molar-refractivity contribution in [2.45, 2.75) is 19.4 Å². The SMILES string of the molecule is COc1ccc(-c2csc(N3N=C(c4ccc(C)cc4)C[C@H]3c3ccc(Cl)cc3)n2)cc1F. The molecule has 0 spiro atoms. The molecule has 3 aromatic carbocycles. The lowest BCUT2D eigenvalue weighted by Crippen LogP contribution is -2.18. The van der Waals surface area contributed by atoms with E-state index in [-0.39, 0.29) is 11.8 Å². The Morgan fingerprint density at radius 3 is 2.45 bits per heavy atom. The number of halogens is 2. The van der Waals surface area contributed by atoms with Crippen molar-refractivity contribution in [2.75, 3.05) is 12.1 Å². The van der Waals surface area contributed by atoms with Gasteiger partial charge in [0.15, 0.2) is 11.6 Å². The van der Waals surface area contributed by atoms with Gasteiger partial charge in [0.1, 0.15) is 0 Å². The summed E-state index contributed by atoms with van der Waals surface area (Å²) in [5.41, 5.74) is 5.81. The molecule has 1 aromatic heterocycles. The van der Waals surface area contributed by atoms with E-state index in [4.69, 9.17) is 26.4 Å². The number of rotatable bonds is 5. The van der Waals surface area contributed by atoms with Gasteiger partial charge in [0.05, 0.1) is 24.6 Å². The van der Waals surface area contributed by atoms with E-state index in [9.17, 15) is 4.39 Å². The monoisotopic (exact) mass is 477 g/mol. The second-order valence-electron chi connectivity index (χ2n) is 7.89. The summed E-state index contributed by atoms with van der Waals surface area (Å²) in [6.07, 6.45) is 0.747. The molecule has 166 valence electrons. The van der Waals surface area contributed by atoms with Gasteiger partial charge in [-0.1, -0.05) is 53.6 Å². The molecule has 0 unspecified atom stereocenters. The predicted molar refractivity (Wildman–Crippen MR) is 133 cm³/mol. The van der Waals surface area contributed by atoms with Crippen molar-refractivity contribution >= 4 is 33.8 Å². The zero-order valence-corrected chi connectivity index (χ0v) is 19.7. The molecule has 0 N–H and O–H groups in total. The van der Waals surface area contributed by atoms with Crippen LogP contribution in [0.25, 0.3) is 11.3 Å². The van der Waals surface area contributed by atoms with Gasteiger partial charge in [0.25, 0.3) is 0 Å². The highest BCUT2D eigenvalue weighted by atomic mass is 35.5. The van der Waals surface area contributed by atoms with Gasteiger partial charge in [-0.2, -0.15) is 5.10 Å². The van der Waals surface area contributed by atoms with Crippen molar-refractivity contribution in [1.82, 2.24) is 4.98 Å². The summed E-state index contributed by atoms with van der Waals surface area (Å²) in [5.74, 6) is -0.201. The van der Waals surface area contributed by atoms with Gasteiger partial charge in [-0.05, 0) is 48.4 Å². The molecular weight excluding hydrogens is 457 g/mol. The van der Waals surface area contributed by atoms with Gasteiger partial charge in [-0.3, -0.25) is 0 Å². The Balaban J connectivity index is 1.52. The number of hydrazone groups is 1. The Morgan fingerprint density at radius 1 is 1.03 bits per heavy atom. The fourth-order valence-electron chi connectivity index (χ4n) is 3.88. The largest absolute Gasteiger partial charge is 0.494 e. The number of methoxy groups -OCH3 is 1. The molecular formula is C26H21ClFN3OS. The second-order valence-corrected chi connectivity index (χ2v) is 9.17. The molecule has 4 aromatic rings. The predicted octanol–water partition coefficient (Wildman–Crippen LogP) is 7.28. The number of aromatic nitrogens is 1. The van der Waals surface area contributed by atoms with Crippen LogP contribution in [0, 0.1) is 12.7 Å². The summed E-state index contributed by atoms with van der Waals surface area (Å²) in [4.78, 5) is 4.80. The van der Waals surface area contributed by atoms with E-state index in [1.807, 2.05) is 40.7 Å². The van der Waals surface area contributed by atoms with Crippen LogP contribution in [-0.4, -0.2) is 17.8 Å². The van der Waals surface area contributed by atoms with Crippen LogP contribution < -0.4 is 9.75 Å². The van der Waals surface area contributed by atoms with Crippen molar-refractivity contribution in [1.29, 1.82) is 0 Å². The molecule has 5 rings (SSSR count). The number of benzene rings is 3. The van der Waals surface area contributed by atoms with Crippen molar-refractivity contribution in [3.8, 4) is 17.0 Å². The molecule has 0 bridgehead atoms. The minimum atomic E-state index is -0.413. The third-order valence-electron chi connectivity index (χ3n) is 5.69. The Bertz CT molecular complexity index is 1320. The first-order valence-electron chi connectivity index (χ1n) is 10.5. The van der Waals surface area contributed by atoms with E-state index in [0.29, 0.717) is 16.3 Å². The molecule has 1 aliphatic rings. The fraction of sp³-hybridized carbons (Fsp3) is 0.154. The van der Waals surface area contributed by atoms with Gasteiger partial charge < -0.3 is 4.74 Å². The first-order chi connectivity index (χ1) is 16.0. The summed E-state index contributed by atoms with van der Waals surface area (Å²) in [6.45, 7) is 2.07. The maximum atomic E-state index is 14.2. The van der Waals surface area contributed by atoms with Crippen LogP contribution in [0.1, 0.15) is 29.2 Å². The Kier molecular flexibility index (Phi) is 5.87. The lowest BCUT2D eigenvalue weighted by atomic mass is 9.98. The fourth-order valence-corrected chi connectivity index (χ4v) is 4.84. The van der Waals surface area contributed by atoms with Crippen LogP contribution in [0.15, 0.2) is 77.2 Å². The van der Waals surface area contributed by atoms with E-state index in [1.165, 1.54) is 30.1 Å². The van der Waals surface area contributed by atoms with Crippen molar-refractivity contribution < 1.29 is 9.13 Å². The summed E-state index contributed by atoms with van der Waals surface area (Å²) in [7, 11) is 1.45. The Morgan fingerprint density at radius 2 is 1.76 bits per heavy atom. The van der Waals surface area contributed by atoms with Crippen molar-refractivity contribution in [3.05, 3.63) is 99.6 Å². The van der Waals surface area contributed by atoms with E-state index < -0.39 is 5.82 Å². The second kappa shape index (κ2) is 8.96. The molecule has 1 aliphatic heterocycles. The lowest BCUT2D eigenvalue weighted by molar-refractivity contribution is 0.386. The standard InChI is InChI=1S/C26H21ClFN3OS/c1-16-3-5-17(6-4-16)22-14-24(18-7-10-20(27)11-8-18)31(30-22)26-29-23(15-33-26)19-9-12-25(32-2)21(28)13-19/h3-13,15,24H,14H2,1-2H3/t24-/m0/s1. The zero-order valence-electron chi connectivity index (χ0n) is 18.1. The van der Waals surface area contributed by atoms with Crippen LogP contribution >= 0.6 is 22.9 Å². The normalized spacial score (nSPS) is 15.6. The summed E-state index contributed by atoms with van der Waals surface area (Å²) in [6, 6.07) is 21.1. The Hall–Kier alpha value is -3.22. The number of anilines is 1. The van der Waals surface area contributed by atoms with Crippen molar-refractivity contribution in [3.63, 3.8) is 0 Å². The van der Waals surface area contributed by atoms with Gasteiger partial charge in [0.2, 0.25) is 5.13 Å². The third-order valence-corrected chi connectivity index (χ3v) is 6.77. The van der Waals surface area contributed by atoms with Crippen LogP contribution in [0.2, 0.25) is 5.02 Å². The minimum Gasteiger partial charge on any atom is -0.494 e. The number of hydrogen-bond acceptors (Lipinski definition) is 5. The molecule has 0 saturated carbocycles. The van der Waals surface area contributed by atoms with E-state index in [0.717, 1.165) is 28.4 Å². The molecule has 0 aliphatic carbocycles. The molecule has 0 amide bonds. The van der Waals surface area contributed by atoms with Crippen LogP contribution in [-0.2, 0) is 0 Å². The number of nitrogens with zero attached hydrogens (tertiary/aromatic N) is 3. The van der Waals surface area contributed by atoms with Crippen molar-refractivity contribution in [2.24, 2.45) is 5.10 Å². The number of thiazole rings is 1. The topological polar surface area (TPSA) is 37.7 Å². The third kappa shape index (κ3) is 4.36. The highest BCUT2D eigenvalue weighted by molar-refractivity contribution is 7.14.